The van der Waals surface area contributed by atoms with E-state index in [0.29, 0.717) is 5.69 Å². The molecule has 0 amide bonds. The number of nitrogens with zero attached hydrogens (tertiary/aromatic N) is 1. The normalized spacial score (nSPS) is 18.6. The van der Waals surface area contributed by atoms with Crippen molar-refractivity contribution in [1.82, 2.24) is 4.90 Å². The quantitative estimate of drug-likeness (QED) is 0.797. The van der Waals surface area contributed by atoms with Gasteiger partial charge in [-0.1, -0.05) is 25.3 Å². The van der Waals surface area contributed by atoms with Gasteiger partial charge in [0.05, 0.1) is 4.90 Å². The van der Waals surface area contributed by atoms with Gasteiger partial charge in [0.15, 0.2) is 0 Å². The Hall–Kier alpha value is -1.92. The highest BCUT2D eigenvalue weighted by molar-refractivity contribution is 7.92. The van der Waals surface area contributed by atoms with Crippen LogP contribution in [0, 0.1) is 11.7 Å². The lowest BCUT2D eigenvalue weighted by atomic mass is 9.88. The van der Waals surface area contributed by atoms with Crippen LogP contribution in [0.2, 0.25) is 0 Å². The number of anilines is 1. The predicted molar refractivity (Wildman–Crippen MR) is 109 cm³/mol. The lowest BCUT2D eigenvalue weighted by Gasteiger charge is -2.33. The van der Waals surface area contributed by atoms with Gasteiger partial charge < -0.3 is 0 Å². The highest BCUT2D eigenvalue weighted by atomic mass is 32.2. The van der Waals surface area contributed by atoms with Gasteiger partial charge in [0.2, 0.25) is 0 Å². The average Bonchev–Trinajstić information content (AvgIpc) is 2.70. The van der Waals surface area contributed by atoms with Gasteiger partial charge >= 0.3 is 0 Å². The molecule has 1 heterocycles. The molecule has 1 aliphatic carbocycles. The van der Waals surface area contributed by atoms with E-state index in [-0.39, 0.29) is 4.90 Å². The minimum absolute atomic E-state index is 0.260. The fourth-order valence-corrected chi connectivity index (χ4v) is 5.49. The second-order valence-corrected chi connectivity index (χ2v) is 9.71. The zero-order chi connectivity index (χ0) is 19.6. The first kappa shape index (κ1) is 19.4. The minimum atomic E-state index is -3.68. The fourth-order valence-electron chi connectivity index (χ4n) is 4.38. The SMILES string of the molecule is O=S(=O)(Nc1ccc(F)cc1)c1ccc2c(c1)CCN(CC1CCCCC1)C2. The van der Waals surface area contributed by atoms with Crippen molar-refractivity contribution in [1.29, 1.82) is 0 Å². The molecule has 0 atom stereocenters. The molecule has 0 aromatic heterocycles. The Morgan fingerprint density at radius 2 is 1.75 bits per heavy atom. The molecule has 0 bridgehead atoms. The molecule has 1 N–H and O–H groups in total. The van der Waals surface area contributed by atoms with Crippen LogP contribution < -0.4 is 4.72 Å². The van der Waals surface area contributed by atoms with Crippen LogP contribution in [0.1, 0.15) is 43.2 Å². The first-order chi connectivity index (χ1) is 13.5. The Kier molecular flexibility index (Phi) is 5.69. The molecular formula is C22H27FN2O2S. The summed E-state index contributed by atoms with van der Waals surface area (Å²) in [5, 5.41) is 0. The van der Waals surface area contributed by atoms with E-state index in [2.05, 4.69) is 9.62 Å². The van der Waals surface area contributed by atoms with E-state index in [4.69, 9.17) is 0 Å². The topological polar surface area (TPSA) is 49.4 Å². The number of fused-ring (bicyclic) bond motifs is 1. The van der Waals surface area contributed by atoms with E-state index in [9.17, 15) is 12.8 Å². The molecule has 0 saturated heterocycles. The average molecular weight is 403 g/mol. The Balaban J connectivity index is 1.44. The van der Waals surface area contributed by atoms with Gasteiger partial charge in [0, 0.05) is 25.3 Å². The molecule has 0 unspecified atom stereocenters. The van der Waals surface area contributed by atoms with Crippen LogP contribution >= 0.6 is 0 Å². The second kappa shape index (κ2) is 8.21. The number of hydrogen-bond acceptors (Lipinski definition) is 3. The van der Waals surface area contributed by atoms with Gasteiger partial charge in [0.1, 0.15) is 5.82 Å². The van der Waals surface area contributed by atoms with Crippen LogP contribution in [0.15, 0.2) is 47.4 Å². The van der Waals surface area contributed by atoms with Gasteiger partial charge in [0.25, 0.3) is 10.0 Å². The van der Waals surface area contributed by atoms with Gasteiger partial charge in [-0.2, -0.15) is 0 Å². The standard InChI is InChI=1S/C22H27FN2O2S/c23-20-7-9-21(10-8-20)24-28(26,27)22-11-6-19-16-25(13-12-18(19)14-22)15-17-4-2-1-3-5-17/h6-11,14,17,24H,1-5,12-13,15-16H2. The molecule has 2 aromatic carbocycles. The van der Waals surface area contributed by atoms with Gasteiger partial charge in [-0.05, 0) is 72.7 Å². The third-order valence-electron chi connectivity index (χ3n) is 5.92. The summed E-state index contributed by atoms with van der Waals surface area (Å²) in [5.41, 5.74) is 2.70. The van der Waals surface area contributed by atoms with Gasteiger partial charge in [-0.15, -0.1) is 0 Å². The molecule has 1 fully saturated rings. The third-order valence-corrected chi connectivity index (χ3v) is 7.30. The summed E-state index contributed by atoms with van der Waals surface area (Å²) < 4.78 is 40.9. The Bertz CT molecular complexity index is 922. The molecule has 28 heavy (non-hydrogen) atoms. The summed E-state index contributed by atoms with van der Waals surface area (Å²) in [6.07, 6.45) is 7.66. The Labute approximate surface area is 166 Å². The monoisotopic (exact) mass is 402 g/mol. The first-order valence-electron chi connectivity index (χ1n) is 10.1. The zero-order valence-corrected chi connectivity index (χ0v) is 16.8. The number of hydrogen-bond donors (Lipinski definition) is 1. The van der Waals surface area contributed by atoms with Crippen molar-refractivity contribution in [2.24, 2.45) is 5.92 Å². The second-order valence-electron chi connectivity index (χ2n) is 8.03. The molecule has 1 saturated carbocycles. The summed E-state index contributed by atoms with van der Waals surface area (Å²) in [6.45, 7) is 3.04. The zero-order valence-electron chi connectivity index (χ0n) is 16.0. The number of sulfonamides is 1. The third kappa shape index (κ3) is 4.55. The van der Waals surface area contributed by atoms with Crippen LogP contribution in [0.4, 0.5) is 10.1 Å². The smallest absolute Gasteiger partial charge is 0.261 e. The van der Waals surface area contributed by atoms with E-state index in [1.165, 1.54) is 61.9 Å². The highest BCUT2D eigenvalue weighted by Gasteiger charge is 2.23. The number of halogens is 1. The van der Waals surface area contributed by atoms with E-state index < -0.39 is 15.8 Å². The van der Waals surface area contributed by atoms with Crippen LogP contribution in [0.25, 0.3) is 0 Å². The number of benzene rings is 2. The maximum Gasteiger partial charge on any atom is 0.261 e. The molecule has 2 aliphatic rings. The molecule has 2 aromatic rings. The summed E-state index contributed by atoms with van der Waals surface area (Å²) >= 11 is 0. The van der Waals surface area contributed by atoms with Crippen molar-refractivity contribution in [2.45, 2.75) is 50.0 Å². The van der Waals surface area contributed by atoms with E-state index in [1.54, 1.807) is 12.1 Å². The van der Waals surface area contributed by atoms with Crippen molar-refractivity contribution in [3.05, 3.63) is 59.4 Å². The highest BCUT2D eigenvalue weighted by Crippen LogP contribution is 2.28. The van der Waals surface area contributed by atoms with E-state index in [1.807, 2.05) is 6.07 Å². The van der Waals surface area contributed by atoms with E-state index in [0.717, 1.165) is 37.5 Å². The molecule has 0 spiro atoms. The predicted octanol–water partition coefficient (Wildman–Crippen LogP) is 4.56. The molecule has 4 rings (SSSR count). The summed E-state index contributed by atoms with van der Waals surface area (Å²) in [6, 6.07) is 10.7. The molecule has 4 nitrogen and oxygen atoms in total. The maximum absolute atomic E-state index is 13.0. The first-order valence-corrected chi connectivity index (χ1v) is 11.6. The molecule has 0 radical (unpaired) electrons. The number of nitrogens with one attached hydrogen (secondary N) is 1. The number of rotatable bonds is 5. The molecule has 150 valence electrons. The molecule has 6 heteroatoms. The van der Waals surface area contributed by atoms with Crippen molar-refractivity contribution >= 4 is 15.7 Å². The van der Waals surface area contributed by atoms with Crippen molar-refractivity contribution in [3.63, 3.8) is 0 Å². The van der Waals surface area contributed by atoms with Crippen LogP contribution in [0.5, 0.6) is 0 Å². The summed E-state index contributed by atoms with van der Waals surface area (Å²) in [7, 11) is -3.68. The van der Waals surface area contributed by atoms with Crippen molar-refractivity contribution in [3.8, 4) is 0 Å². The fraction of sp³-hybridized carbons (Fsp3) is 0.455. The lowest BCUT2D eigenvalue weighted by Crippen LogP contribution is -2.35. The van der Waals surface area contributed by atoms with Crippen molar-refractivity contribution in [2.75, 3.05) is 17.8 Å². The molecule has 1 aliphatic heterocycles. The summed E-state index contributed by atoms with van der Waals surface area (Å²) in [5.74, 6) is 0.421. The van der Waals surface area contributed by atoms with Crippen LogP contribution in [0.3, 0.4) is 0 Å². The molecular weight excluding hydrogens is 375 g/mol. The van der Waals surface area contributed by atoms with Crippen LogP contribution in [-0.2, 0) is 23.0 Å². The van der Waals surface area contributed by atoms with E-state index >= 15 is 0 Å². The Morgan fingerprint density at radius 3 is 2.50 bits per heavy atom. The minimum Gasteiger partial charge on any atom is -0.298 e. The lowest BCUT2D eigenvalue weighted by molar-refractivity contribution is 0.187. The van der Waals surface area contributed by atoms with Gasteiger partial charge in [-0.3, -0.25) is 9.62 Å². The summed E-state index contributed by atoms with van der Waals surface area (Å²) in [4.78, 5) is 2.78. The van der Waals surface area contributed by atoms with Crippen LogP contribution in [-0.4, -0.2) is 26.4 Å². The Morgan fingerprint density at radius 1 is 1.00 bits per heavy atom. The van der Waals surface area contributed by atoms with Crippen molar-refractivity contribution < 1.29 is 12.8 Å². The maximum atomic E-state index is 13.0. The van der Waals surface area contributed by atoms with Gasteiger partial charge in [-0.25, -0.2) is 12.8 Å². The largest absolute Gasteiger partial charge is 0.298 e.